The van der Waals surface area contributed by atoms with Crippen molar-refractivity contribution in [3.8, 4) is 5.75 Å². The van der Waals surface area contributed by atoms with Gasteiger partial charge in [0, 0.05) is 31.5 Å². The minimum Gasteiger partial charge on any atom is -0.508 e. The minimum absolute atomic E-state index is 0.0299. The van der Waals surface area contributed by atoms with Crippen molar-refractivity contribution in [1.82, 2.24) is 25.9 Å². The van der Waals surface area contributed by atoms with Crippen molar-refractivity contribution in [2.75, 3.05) is 6.54 Å². The standard InChI is InChI=1S/C39H53N5O8/c1-25-29(20-21-33(46)42-32(36(49)51-38(2,3)4)24-26-13-9-8-10-14-26)43-35(48)30(41-25)15-11-12-22-40-34(47)31(44-37(50)52-39(5,6)7)23-27-16-18-28(45)19-17-27/h8-10,13-14,16-19,31-32,45H,11-12,15,20-24H2,1-7H3,(H,40,47)(H,42,46)(H,43,48)(H,44,50)/t31-,32-/m0/s1. The molecule has 0 aliphatic rings. The lowest BCUT2D eigenvalue weighted by Gasteiger charge is -2.24. The third kappa shape index (κ3) is 15.0. The van der Waals surface area contributed by atoms with Crippen molar-refractivity contribution >= 4 is 23.9 Å². The fourth-order valence-electron chi connectivity index (χ4n) is 5.23. The number of aromatic hydroxyl groups is 1. The van der Waals surface area contributed by atoms with Crippen LogP contribution in [0.3, 0.4) is 0 Å². The Morgan fingerprint density at radius 2 is 1.42 bits per heavy atom. The van der Waals surface area contributed by atoms with Crippen LogP contribution < -0.4 is 21.5 Å². The molecule has 0 fully saturated rings. The number of amides is 3. The summed E-state index contributed by atoms with van der Waals surface area (Å²) < 4.78 is 10.9. The zero-order valence-electron chi connectivity index (χ0n) is 31.3. The average Bonchev–Trinajstić information content (AvgIpc) is 3.04. The molecular weight excluding hydrogens is 666 g/mol. The van der Waals surface area contributed by atoms with Crippen LogP contribution in [0.2, 0.25) is 0 Å². The van der Waals surface area contributed by atoms with Crippen LogP contribution >= 0.6 is 0 Å². The maximum absolute atomic E-state index is 13.1. The zero-order valence-corrected chi connectivity index (χ0v) is 31.3. The number of alkyl carbamates (subject to hydrolysis) is 1. The molecular formula is C39H53N5O8. The van der Waals surface area contributed by atoms with E-state index in [9.17, 15) is 29.1 Å². The molecule has 52 heavy (non-hydrogen) atoms. The normalized spacial score (nSPS) is 12.7. The van der Waals surface area contributed by atoms with Crippen LogP contribution in [0.4, 0.5) is 4.79 Å². The van der Waals surface area contributed by atoms with E-state index in [-0.39, 0.29) is 42.9 Å². The number of ether oxygens (including phenoxy) is 2. The second-order valence-electron chi connectivity index (χ2n) is 14.7. The van der Waals surface area contributed by atoms with E-state index in [0.717, 1.165) is 11.1 Å². The predicted octanol–water partition coefficient (Wildman–Crippen LogP) is 4.36. The topological polar surface area (TPSA) is 189 Å². The van der Waals surface area contributed by atoms with Crippen molar-refractivity contribution in [3.63, 3.8) is 0 Å². The molecule has 282 valence electrons. The van der Waals surface area contributed by atoms with Crippen molar-refractivity contribution in [3.05, 3.63) is 93.2 Å². The summed E-state index contributed by atoms with van der Waals surface area (Å²) in [4.78, 5) is 71.6. The second kappa shape index (κ2) is 18.9. The lowest BCUT2D eigenvalue weighted by atomic mass is 10.0. The van der Waals surface area contributed by atoms with Crippen molar-refractivity contribution < 1.29 is 33.8 Å². The number of phenolic OH excluding ortho intramolecular Hbond substituents is 1. The third-order valence-corrected chi connectivity index (χ3v) is 7.70. The summed E-state index contributed by atoms with van der Waals surface area (Å²) in [5, 5.41) is 17.9. The summed E-state index contributed by atoms with van der Waals surface area (Å²) in [5.74, 6) is -1.18. The highest BCUT2D eigenvalue weighted by molar-refractivity contribution is 5.86. The quantitative estimate of drug-likeness (QED) is 0.106. The van der Waals surface area contributed by atoms with E-state index in [0.29, 0.717) is 42.9 Å². The molecule has 0 aliphatic carbocycles. The monoisotopic (exact) mass is 719 g/mol. The van der Waals surface area contributed by atoms with Crippen LogP contribution in [0.1, 0.15) is 89.0 Å². The minimum atomic E-state index is -0.909. The third-order valence-electron chi connectivity index (χ3n) is 7.70. The van der Waals surface area contributed by atoms with Gasteiger partial charge in [0.15, 0.2) is 0 Å². The number of H-pyrrole nitrogens is 1. The fourth-order valence-corrected chi connectivity index (χ4v) is 5.23. The van der Waals surface area contributed by atoms with Crippen molar-refractivity contribution in [2.45, 2.75) is 117 Å². The Morgan fingerprint density at radius 3 is 2.06 bits per heavy atom. The number of aryl methyl sites for hydroxylation is 3. The number of aromatic nitrogens is 2. The van der Waals surface area contributed by atoms with Crippen LogP contribution in [-0.4, -0.2) is 68.8 Å². The van der Waals surface area contributed by atoms with Gasteiger partial charge in [-0.1, -0.05) is 42.5 Å². The number of aromatic amines is 1. The number of carbonyl (C=O) groups is 4. The summed E-state index contributed by atoms with van der Waals surface area (Å²) in [7, 11) is 0. The molecule has 2 aromatic carbocycles. The number of rotatable bonds is 16. The lowest BCUT2D eigenvalue weighted by Crippen LogP contribution is -2.49. The zero-order chi connectivity index (χ0) is 38.5. The number of unbranched alkanes of at least 4 members (excludes halogenated alkanes) is 1. The van der Waals surface area contributed by atoms with E-state index in [1.54, 1.807) is 60.6 Å². The molecule has 13 heteroatoms. The molecule has 0 radical (unpaired) electrons. The summed E-state index contributed by atoms with van der Waals surface area (Å²) in [5.41, 5.74) is 1.29. The Kier molecular flexibility index (Phi) is 15.0. The fraction of sp³-hybridized carbons (Fsp3) is 0.487. The van der Waals surface area contributed by atoms with E-state index in [1.807, 2.05) is 30.3 Å². The van der Waals surface area contributed by atoms with Gasteiger partial charge in [-0.25, -0.2) is 9.59 Å². The van der Waals surface area contributed by atoms with E-state index in [2.05, 4.69) is 25.9 Å². The van der Waals surface area contributed by atoms with Crippen LogP contribution in [0.25, 0.3) is 0 Å². The van der Waals surface area contributed by atoms with Gasteiger partial charge < -0.3 is 35.5 Å². The molecule has 1 aromatic heterocycles. The van der Waals surface area contributed by atoms with Crippen molar-refractivity contribution in [1.29, 1.82) is 0 Å². The number of nitrogens with zero attached hydrogens (tertiary/aromatic N) is 1. The molecule has 0 saturated carbocycles. The van der Waals surface area contributed by atoms with E-state index in [4.69, 9.17) is 9.47 Å². The Hall–Kier alpha value is -5.20. The summed E-state index contributed by atoms with van der Waals surface area (Å²) in [6.45, 7) is 12.6. The number of hydrogen-bond acceptors (Lipinski definition) is 9. The number of phenols is 1. The van der Waals surface area contributed by atoms with Crippen LogP contribution in [0.5, 0.6) is 5.75 Å². The average molecular weight is 720 g/mol. The first-order valence-corrected chi connectivity index (χ1v) is 17.6. The van der Waals surface area contributed by atoms with Gasteiger partial charge in [-0.15, -0.1) is 0 Å². The van der Waals surface area contributed by atoms with Crippen LogP contribution in [-0.2, 0) is 49.5 Å². The molecule has 5 N–H and O–H groups in total. The van der Waals surface area contributed by atoms with Crippen molar-refractivity contribution in [2.24, 2.45) is 0 Å². The van der Waals surface area contributed by atoms with Gasteiger partial charge in [-0.3, -0.25) is 19.4 Å². The first kappa shape index (κ1) is 41.2. The SMILES string of the molecule is Cc1nc(CCCCNC(=O)[C@H](Cc2ccc(O)cc2)NC(=O)OC(C)(C)C)c(=O)[nH]c1CCC(=O)N[C@@H](Cc1ccccc1)C(=O)OC(C)(C)C. The van der Waals surface area contributed by atoms with Gasteiger partial charge in [0.1, 0.15) is 34.7 Å². The molecule has 13 nitrogen and oxygen atoms in total. The van der Waals surface area contributed by atoms with E-state index in [1.165, 1.54) is 12.1 Å². The van der Waals surface area contributed by atoms with Crippen LogP contribution in [0, 0.1) is 6.92 Å². The predicted molar refractivity (Wildman–Crippen MR) is 197 cm³/mol. The molecule has 0 unspecified atom stereocenters. The molecule has 1 heterocycles. The van der Waals surface area contributed by atoms with Crippen LogP contribution in [0.15, 0.2) is 59.4 Å². The molecule has 0 saturated heterocycles. The van der Waals surface area contributed by atoms with Gasteiger partial charge in [-0.05, 0) is 97.4 Å². The second-order valence-corrected chi connectivity index (χ2v) is 14.7. The molecule has 0 bridgehead atoms. The molecule has 0 aliphatic heterocycles. The highest BCUT2D eigenvalue weighted by Crippen LogP contribution is 2.14. The smallest absolute Gasteiger partial charge is 0.408 e. The Morgan fingerprint density at radius 1 is 0.808 bits per heavy atom. The maximum atomic E-state index is 13.1. The number of esters is 1. The summed E-state index contributed by atoms with van der Waals surface area (Å²) >= 11 is 0. The first-order chi connectivity index (χ1) is 24.4. The molecule has 3 rings (SSSR count). The van der Waals surface area contributed by atoms with E-state index < -0.39 is 41.3 Å². The number of carbonyl (C=O) groups excluding carboxylic acids is 4. The highest BCUT2D eigenvalue weighted by Gasteiger charge is 2.27. The molecule has 0 spiro atoms. The molecule has 2 atom stereocenters. The van der Waals surface area contributed by atoms with Gasteiger partial charge in [0.05, 0.1) is 5.69 Å². The van der Waals surface area contributed by atoms with E-state index >= 15 is 0 Å². The Balaban J connectivity index is 1.52. The van der Waals surface area contributed by atoms with Gasteiger partial charge in [-0.2, -0.15) is 0 Å². The van der Waals surface area contributed by atoms with Gasteiger partial charge in [0.2, 0.25) is 11.8 Å². The number of hydrogen-bond donors (Lipinski definition) is 5. The highest BCUT2D eigenvalue weighted by atomic mass is 16.6. The first-order valence-electron chi connectivity index (χ1n) is 17.6. The summed E-state index contributed by atoms with van der Waals surface area (Å²) in [6, 6.07) is 14.0. The number of benzene rings is 2. The Labute approximate surface area is 305 Å². The van der Waals surface area contributed by atoms with Gasteiger partial charge >= 0.3 is 12.1 Å². The largest absolute Gasteiger partial charge is 0.508 e. The molecule has 3 aromatic rings. The number of nitrogens with one attached hydrogen (secondary N) is 4. The van der Waals surface area contributed by atoms with Gasteiger partial charge in [0.25, 0.3) is 5.56 Å². The summed E-state index contributed by atoms with van der Waals surface area (Å²) in [6.07, 6.45) is 1.49. The lowest BCUT2D eigenvalue weighted by molar-refractivity contribution is -0.158. The molecule has 3 amide bonds. The Bertz CT molecular complexity index is 1710. The maximum Gasteiger partial charge on any atom is 0.408 e.